The Kier molecular flexibility index (Phi) is 6.21. The maximum atomic E-state index is 15.1. The van der Waals surface area contributed by atoms with Gasteiger partial charge in [-0.15, -0.1) is 0 Å². The zero-order chi connectivity index (χ0) is 25.2. The second kappa shape index (κ2) is 9.62. The van der Waals surface area contributed by atoms with E-state index in [-0.39, 0.29) is 47.9 Å². The number of hydrogen-bond acceptors (Lipinski definition) is 5. The van der Waals surface area contributed by atoms with Gasteiger partial charge in [0.05, 0.1) is 23.4 Å². The molecule has 0 fully saturated rings. The topological polar surface area (TPSA) is 72.9 Å². The Labute approximate surface area is 206 Å². The summed E-state index contributed by atoms with van der Waals surface area (Å²) in [6.07, 6.45) is 0.684. The third kappa shape index (κ3) is 3.88. The van der Waals surface area contributed by atoms with Crippen LogP contribution in [-0.2, 0) is 17.8 Å². The lowest BCUT2D eigenvalue weighted by atomic mass is 9.99. The van der Waals surface area contributed by atoms with E-state index in [1.165, 1.54) is 12.1 Å². The van der Waals surface area contributed by atoms with Crippen LogP contribution < -0.4 is 14.4 Å². The van der Waals surface area contributed by atoms with Crippen LogP contribution in [0.25, 0.3) is 10.8 Å². The first-order chi connectivity index (χ1) is 17.5. The molecular formula is C29H22FNO5. The van der Waals surface area contributed by atoms with Crippen LogP contribution in [0.4, 0.5) is 10.1 Å². The molecular weight excluding hydrogens is 461 g/mol. The van der Waals surface area contributed by atoms with Crippen molar-refractivity contribution in [2.24, 2.45) is 0 Å². The van der Waals surface area contributed by atoms with Gasteiger partial charge in [-0.25, -0.2) is 9.29 Å². The second-order valence-electron chi connectivity index (χ2n) is 8.26. The average molecular weight is 483 g/mol. The van der Waals surface area contributed by atoms with Crippen molar-refractivity contribution in [3.05, 3.63) is 101 Å². The smallest absolute Gasteiger partial charge is 0.270 e. The van der Waals surface area contributed by atoms with E-state index in [9.17, 15) is 14.4 Å². The Morgan fingerprint density at radius 3 is 2.00 bits per heavy atom. The van der Waals surface area contributed by atoms with Gasteiger partial charge in [0, 0.05) is 17.2 Å². The standard InChI is InChI=1S/C29H22FNO5/c1-2-35-26-20-10-6-7-11-21(20)27(36-17-19-8-4-3-5-9-19)25-24(26)28(33)31(29(25)34)23-13-12-18(14-15-32)16-22(23)30/h3-13,15-16H,2,14,17H2,1H3. The van der Waals surface area contributed by atoms with Crippen LogP contribution >= 0.6 is 0 Å². The summed E-state index contributed by atoms with van der Waals surface area (Å²) in [5.74, 6) is -1.68. The van der Waals surface area contributed by atoms with Crippen molar-refractivity contribution >= 4 is 34.6 Å². The number of fused-ring (bicyclic) bond motifs is 2. The Hall–Kier alpha value is -4.52. The molecule has 0 N–H and O–H groups in total. The summed E-state index contributed by atoms with van der Waals surface area (Å²) in [6.45, 7) is 2.21. The van der Waals surface area contributed by atoms with Gasteiger partial charge in [0.15, 0.2) is 0 Å². The molecule has 7 heteroatoms. The summed E-state index contributed by atoms with van der Waals surface area (Å²) in [5, 5.41) is 1.23. The number of benzene rings is 4. The van der Waals surface area contributed by atoms with Crippen molar-refractivity contribution in [1.82, 2.24) is 0 Å². The molecule has 6 nitrogen and oxygen atoms in total. The summed E-state index contributed by atoms with van der Waals surface area (Å²) in [6, 6.07) is 20.7. The first-order valence-electron chi connectivity index (χ1n) is 11.5. The summed E-state index contributed by atoms with van der Waals surface area (Å²) in [7, 11) is 0. The maximum Gasteiger partial charge on any atom is 0.270 e. The van der Waals surface area contributed by atoms with Gasteiger partial charge in [-0.05, 0) is 30.2 Å². The molecule has 2 amide bonds. The van der Waals surface area contributed by atoms with Crippen LogP contribution in [0.5, 0.6) is 11.5 Å². The van der Waals surface area contributed by atoms with E-state index in [0.29, 0.717) is 22.6 Å². The van der Waals surface area contributed by atoms with E-state index < -0.39 is 17.6 Å². The highest BCUT2D eigenvalue weighted by Gasteiger charge is 2.44. The van der Waals surface area contributed by atoms with Crippen molar-refractivity contribution in [2.75, 3.05) is 11.5 Å². The third-order valence-corrected chi connectivity index (χ3v) is 6.04. The molecule has 0 saturated carbocycles. The number of amides is 2. The molecule has 4 aromatic rings. The van der Waals surface area contributed by atoms with Gasteiger partial charge in [0.2, 0.25) is 0 Å². The molecule has 0 aliphatic carbocycles. The summed E-state index contributed by atoms with van der Waals surface area (Å²) in [4.78, 5) is 39.1. The van der Waals surface area contributed by atoms with E-state index in [4.69, 9.17) is 9.47 Å². The fourth-order valence-corrected chi connectivity index (χ4v) is 4.45. The van der Waals surface area contributed by atoms with E-state index in [2.05, 4.69) is 0 Å². The lowest BCUT2D eigenvalue weighted by molar-refractivity contribution is -0.107. The Bertz CT molecular complexity index is 1500. The predicted molar refractivity (Wildman–Crippen MR) is 133 cm³/mol. The number of nitrogens with zero attached hydrogens (tertiary/aromatic N) is 1. The van der Waals surface area contributed by atoms with Gasteiger partial charge in [-0.3, -0.25) is 9.59 Å². The molecule has 1 aliphatic heterocycles. The van der Waals surface area contributed by atoms with Gasteiger partial charge in [0.1, 0.15) is 30.2 Å². The molecule has 0 radical (unpaired) electrons. The minimum absolute atomic E-state index is 0.0245. The molecule has 0 saturated heterocycles. The van der Waals surface area contributed by atoms with Gasteiger partial charge >= 0.3 is 0 Å². The minimum Gasteiger partial charge on any atom is -0.492 e. The zero-order valence-electron chi connectivity index (χ0n) is 19.5. The third-order valence-electron chi connectivity index (χ3n) is 6.04. The van der Waals surface area contributed by atoms with Crippen LogP contribution in [0.15, 0.2) is 72.8 Å². The normalized spacial score (nSPS) is 12.7. The zero-order valence-corrected chi connectivity index (χ0v) is 19.5. The fourth-order valence-electron chi connectivity index (χ4n) is 4.45. The molecule has 5 rings (SSSR count). The van der Waals surface area contributed by atoms with Crippen molar-refractivity contribution in [2.45, 2.75) is 20.0 Å². The number of rotatable bonds is 8. The van der Waals surface area contributed by atoms with E-state index in [1.54, 1.807) is 19.1 Å². The van der Waals surface area contributed by atoms with Crippen molar-refractivity contribution < 1.29 is 28.2 Å². The Morgan fingerprint density at radius 2 is 1.42 bits per heavy atom. The highest BCUT2D eigenvalue weighted by atomic mass is 19.1. The number of hydrogen-bond donors (Lipinski definition) is 0. The van der Waals surface area contributed by atoms with Gasteiger partial charge in [0.25, 0.3) is 11.8 Å². The van der Waals surface area contributed by atoms with Gasteiger partial charge < -0.3 is 14.3 Å². The molecule has 36 heavy (non-hydrogen) atoms. The van der Waals surface area contributed by atoms with Crippen LogP contribution in [0.1, 0.15) is 38.8 Å². The molecule has 1 heterocycles. The lowest BCUT2D eigenvalue weighted by Crippen LogP contribution is -2.30. The van der Waals surface area contributed by atoms with Crippen LogP contribution in [0.3, 0.4) is 0 Å². The maximum absolute atomic E-state index is 15.1. The molecule has 4 aromatic carbocycles. The molecule has 0 bridgehead atoms. The highest BCUT2D eigenvalue weighted by molar-refractivity contribution is 6.38. The number of anilines is 1. The Morgan fingerprint density at radius 1 is 0.806 bits per heavy atom. The number of carbonyl (C=O) groups is 3. The van der Waals surface area contributed by atoms with Crippen molar-refractivity contribution in [3.8, 4) is 11.5 Å². The van der Waals surface area contributed by atoms with Crippen LogP contribution in [0, 0.1) is 5.82 Å². The summed E-state index contributed by atoms with van der Waals surface area (Å²) in [5.41, 5.74) is 1.20. The Balaban J connectivity index is 1.69. The number of ether oxygens (including phenoxy) is 2. The summed E-state index contributed by atoms with van der Waals surface area (Å²) < 4.78 is 27.1. The van der Waals surface area contributed by atoms with Gasteiger partial charge in [-0.2, -0.15) is 0 Å². The molecule has 0 unspecified atom stereocenters. The minimum atomic E-state index is -0.780. The van der Waals surface area contributed by atoms with Crippen LogP contribution in [-0.4, -0.2) is 24.7 Å². The van der Waals surface area contributed by atoms with Crippen LogP contribution in [0.2, 0.25) is 0 Å². The van der Waals surface area contributed by atoms with E-state index in [0.717, 1.165) is 16.5 Å². The molecule has 0 spiro atoms. The average Bonchev–Trinajstić information content (AvgIpc) is 3.14. The SMILES string of the molecule is CCOc1c2c(c(OCc3ccccc3)c3ccccc13)C(=O)N(c1ccc(CC=O)cc1F)C2=O. The fraction of sp³-hybridized carbons (Fsp3) is 0.138. The number of aldehydes is 1. The first kappa shape index (κ1) is 23.2. The number of imide groups is 1. The lowest BCUT2D eigenvalue weighted by Gasteiger charge is -2.16. The summed E-state index contributed by atoms with van der Waals surface area (Å²) >= 11 is 0. The monoisotopic (exact) mass is 483 g/mol. The molecule has 1 aliphatic rings. The van der Waals surface area contributed by atoms with Crippen molar-refractivity contribution in [3.63, 3.8) is 0 Å². The van der Waals surface area contributed by atoms with Gasteiger partial charge in [-0.1, -0.05) is 60.7 Å². The highest BCUT2D eigenvalue weighted by Crippen LogP contribution is 2.46. The molecule has 0 aromatic heterocycles. The second-order valence-corrected chi connectivity index (χ2v) is 8.26. The van der Waals surface area contributed by atoms with E-state index >= 15 is 4.39 Å². The first-order valence-corrected chi connectivity index (χ1v) is 11.5. The quantitative estimate of drug-likeness (QED) is 0.245. The van der Waals surface area contributed by atoms with E-state index in [1.807, 2.05) is 42.5 Å². The number of carbonyl (C=O) groups excluding carboxylic acids is 3. The molecule has 180 valence electrons. The largest absolute Gasteiger partial charge is 0.492 e. The predicted octanol–water partition coefficient (Wildman–Crippen LogP) is 5.50. The van der Waals surface area contributed by atoms with Crippen molar-refractivity contribution in [1.29, 1.82) is 0 Å². The number of halogens is 1. The molecule has 0 atom stereocenters.